The van der Waals surface area contributed by atoms with Gasteiger partial charge in [0.05, 0.1) is 4.91 Å². The van der Waals surface area contributed by atoms with Gasteiger partial charge in [0, 0.05) is 21.8 Å². The number of rotatable bonds is 5. The lowest BCUT2D eigenvalue weighted by atomic mass is 10.1. The molecular formula is C24H19BrN2O4S. The first-order chi connectivity index (χ1) is 15.3. The fraction of sp³-hybridized carbons (Fsp3) is 0.125. The Hall–Kier alpha value is -3.10. The van der Waals surface area contributed by atoms with E-state index >= 15 is 0 Å². The van der Waals surface area contributed by atoms with Crippen LogP contribution in [0.2, 0.25) is 0 Å². The number of hydrogen-bond acceptors (Lipinski definition) is 5. The number of nitrogens with zero attached hydrogens (tertiary/aromatic N) is 1. The van der Waals surface area contributed by atoms with E-state index in [4.69, 9.17) is 4.42 Å². The van der Waals surface area contributed by atoms with Gasteiger partial charge in [-0.05, 0) is 67.1 Å². The second kappa shape index (κ2) is 9.18. The summed E-state index contributed by atoms with van der Waals surface area (Å²) in [4.78, 5) is 38.7. The van der Waals surface area contributed by atoms with Crippen molar-refractivity contribution in [1.29, 1.82) is 0 Å². The monoisotopic (exact) mass is 510 g/mol. The number of benzene rings is 2. The van der Waals surface area contributed by atoms with Gasteiger partial charge in [-0.2, -0.15) is 0 Å². The van der Waals surface area contributed by atoms with E-state index in [1.165, 1.54) is 6.08 Å². The highest BCUT2D eigenvalue weighted by molar-refractivity contribution is 9.10. The van der Waals surface area contributed by atoms with E-state index in [0.29, 0.717) is 17.2 Å². The number of carbonyl (C=O) groups is 3. The standard InChI is InChI=1S/C24H19BrN2O4S/c1-14-4-3-5-19(15(14)2)26-22(28)13-27-23(29)21(32-24(27)30)12-18-10-11-20(31-18)16-6-8-17(25)9-7-16/h3-12H,13H2,1-2H3,(H,26,28)/b21-12+. The topological polar surface area (TPSA) is 79.6 Å². The molecule has 0 unspecified atom stereocenters. The van der Waals surface area contributed by atoms with Crippen molar-refractivity contribution in [3.05, 3.63) is 80.9 Å². The van der Waals surface area contributed by atoms with E-state index in [1.54, 1.807) is 18.2 Å². The minimum atomic E-state index is -0.516. The third-order valence-electron chi connectivity index (χ3n) is 5.08. The van der Waals surface area contributed by atoms with Crippen LogP contribution in [0.1, 0.15) is 16.9 Å². The largest absolute Gasteiger partial charge is 0.457 e. The lowest BCUT2D eigenvalue weighted by Gasteiger charge is -2.14. The van der Waals surface area contributed by atoms with Crippen molar-refractivity contribution < 1.29 is 18.8 Å². The Kier molecular flexibility index (Phi) is 6.34. The van der Waals surface area contributed by atoms with Crippen molar-refractivity contribution in [3.8, 4) is 11.3 Å². The van der Waals surface area contributed by atoms with Crippen molar-refractivity contribution in [2.24, 2.45) is 0 Å². The van der Waals surface area contributed by atoms with E-state index in [9.17, 15) is 14.4 Å². The zero-order valence-corrected chi connectivity index (χ0v) is 19.7. The normalized spacial score (nSPS) is 15.0. The molecule has 1 saturated heterocycles. The molecule has 0 saturated carbocycles. The summed E-state index contributed by atoms with van der Waals surface area (Å²) in [5, 5.41) is 2.28. The minimum absolute atomic E-state index is 0.214. The number of hydrogen-bond donors (Lipinski definition) is 1. The van der Waals surface area contributed by atoms with Crippen LogP contribution in [0, 0.1) is 13.8 Å². The fourth-order valence-corrected chi connectivity index (χ4v) is 4.27. The van der Waals surface area contributed by atoms with Gasteiger partial charge in [-0.3, -0.25) is 19.3 Å². The van der Waals surface area contributed by atoms with Crippen LogP contribution in [-0.2, 0) is 9.59 Å². The number of imide groups is 1. The number of halogens is 1. The molecule has 1 aliphatic rings. The number of carbonyl (C=O) groups excluding carboxylic acids is 3. The van der Waals surface area contributed by atoms with Gasteiger partial charge in [0.2, 0.25) is 5.91 Å². The first-order valence-electron chi connectivity index (χ1n) is 9.79. The van der Waals surface area contributed by atoms with E-state index < -0.39 is 17.1 Å². The highest BCUT2D eigenvalue weighted by Gasteiger charge is 2.36. The van der Waals surface area contributed by atoms with E-state index in [1.807, 2.05) is 50.2 Å². The van der Waals surface area contributed by atoms with Gasteiger partial charge in [0.25, 0.3) is 11.1 Å². The summed E-state index contributed by atoms with van der Waals surface area (Å²) in [6, 6.07) is 16.8. The summed E-state index contributed by atoms with van der Waals surface area (Å²) < 4.78 is 6.77. The van der Waals surface area contributed by atoms with Crippen LogP contribution >= 0.6 is 27.7 Å². The molecule has 0 spiro atoms. The van der Waals surface area contributed by atoms with Crippen molar-refractivity contribution in [2.45, 2.75) is 13.8 Å². The van der Waals surface area contributed by atoms with Gasteiger partial charge in [0.1, 0.15) is 18.1 Å². The average Bonchev–Trinajstić information content (AvgIpc) is 3.32. The molecule has 2 heterocycles. The zero-order valence-electron chi connectivity index (χ0n) is 17.3. The third-order valence-corrected chi connectivity index (χ3v) is 6.52. The van der Waals surface area contributed by atoms with E-state index in [-0.39, 0.29) is 11.4 Å². The summed E-state index contributed by atoms with van der Waals surface area (Å²) >= 11 is 4.19. The molecular weight excluding hydrogens is 492 g/mol. The zero-order chi connectivity index (χ0) is 22.8. The second-order valence-corrected chi connectivity index (χ2v) is 9.18. The Morgan fingerprint density at radius 1 is 1.09 bits per heavy atom. The van der Waals surface area contributed by atoms with Gasteiger partial charge in [0.15, 0.2) is 0 Å². The summed E-state index contributed by atoms with van der Waals surface area (Å²) in [5.74, 6) is 0.152. The summed E-state index contributed by atoms with van der Waals surface area (Å²) in [7, 11) is 0. The molecule has 1 aliphatic heterocycles. The smallest absolute Gasteiger partial charge is 0.294 e. The molecule has 0 atom stereocenters. The molecule has 32 heavy (non-hydrogen) atoms. The lowest BCUT2D eigenvalue weighted by Crippen LogP contribution is -2.36. The Morgan fingerprint density at radius 3 is 2.59 bits per heavy atom. The number of nitrogens with one attached hydrogen (secondary N) is 1. The molecule has 162 valence electrons. The first kappa shape index (κ1) is 22.1. The maximum Gasteiger partial charge on any atom is 0.294 e. The Balaban J connectivity index is 1.45. The number of amides is 3. The van der Waals surface area contributed by atoms with Gasteiger partial charge in [-0.15, -0.1) is 0 Å². The predicted molar refractivity (Wildman–Crippen MR) is 129 cm³/mol. The number of aryl methyl sites for hydroxylation is 1. The molecule has 0 bridgehead atoms. The Morgan fingerprint density at radius 2 is 1.84 bits per heavy atom. The highest BCUT2D eigenvalue weighted by Crippen LogP contribution is 2.33. The SMILES string of the molecule is Cc1cccc(NC(=O)CN2C(=O)S/C(=C/c3ccc(-c4ccc(Br)cc4)o3)C2=O)c1C. The van der Waals surface area contributed by atoms with Crippen LogP contribution in [0.4, 0.5) is 10.5 Å². The Bertz CT molecular complexity index is 1250. The van der Waals surface area contributed by atoms with Crippen LogP contribution in [0.15, 0.2) is 68.4 Å². The molecule has 4 rings (SSSR count). The van der Waals surface area contributed by atoms with E-state index in [2.05, 4.69) is 21.2 Å². The molecule has 3 aromatic rings. The number of thioether (sulfide) groups is 1. The summed E-state index contributed by atoms with van der Waals surface area (Å²) in [5.41, 5.74) is 3.53. The van der Waals surface area contributed by atoms with Crippen molar-refractivity contribution in [1.82, 2.24) is 4.90 Å². The van der Waals surface area contributed by atoms with Gasteiger partial charge in [-0.25, -0.2) is 0 Å². The first-order valence-corrected chi connectivity index (χ1v) is 11.4. The van der Waals surface area contributed by atoms with Gasteiger partial charge >= 0.3 is 0 Å². The van der Waals surface area contributed by atoms with Crippen LogP contribution < -0.4 is 5.32 Å². The maximum atomic E-state index is 12.7. The molecule has 6 nitrogen and oxygen atoms in total. The van der Waals surface area contributed by atoms with Crippen molar-refractivity contribution in [3.63, 3.8) is 0 Å². The number of furan rings is 1. The maximum absolute atomic E-state index is 12.7. The molecule has 1 fully saturated rings. The number of anilines is 1. The average molecular weight is 511 g/mol. The van der Waals surface area contributed by atoms with Crippen molar-refractivity contribution in [2.75, 3.05) is 11.9 Å². The van der Waals surface area contributed by atoms with Gasteiger partial charge < -0.3 is 9.73 Å². The highest BCUT2D eigenvalue weighted by atomic mass is 79.9. The molecule has 8 heteroatoms. The van der Waals surface area contributed by atoms with E-state index in [0.717, 1.165) is 37.8 Å². The molecule has 0 radical (unpaired) electrons. The minimum Gasteiger partial charge on any atom is -0.457 e. The lowest BCUT2D eigenvalue weighted by molar-refractivity contribution is -0.127. The fourth-order valence-electron chi connectivity index (χ4n) is 3.19. The van der Waals surface area contributed by atoms with Crippen LogP contribution in [-0.4, -0.2) is 28.5 Å². The molecule has 2 aromatic carbocycles. The molecule has 1 aromatic heterocycles. The van der Waals surface area contributed by atoms with Crippen LogP contribution in [0.5, 0.6) is 0 Å². The molecule has 1 N–H and O–H groups in total. The molecule has 0 aliphatic carbocycles. The Labute approximate surface area is 197 Å². The van der Waals surface area contributed by atoms with Gasteiger partial charge in [-0.1, -0.05) is 40.2 Å². The van der Waals surface area contributed by atoms with Crippen LogP contribution in [0.25, 0.3) is 17.4 Å². The van der Waals surface area contributed by atoms with Crippen LogP contribution in [0.3, 0.4) is 0 Å². The second-order valence-electron chi connectivity index (χ2n) is 7.27. The quantitative estimate of drug-likeness (QED) is 0.425. The summed E-state index contributed by atoms with van der Waals surface area (Å²) in [6.07, 6.45) is 1.52. The third kappa shape index (κ3) is 4.71. The van der Waals surface area contributed by atoms with Crippen molar-refractivity contribution >= 4 is 56.5 Å². The summed E-state index contributed by atoms with van der Waals surface area (Å²) in [6.45, 7) is 3.50. The molecule has 3 amide bonds. The predicted octanol–water partition coefficient (Wildman–Crippen LogP) is 6.00.